The summed E-state index contributed by atoms with van der Waals surface area (Å²) in [7, 11) is 0. The van der Waals surface area contributed by atoms with E-state index < -0.39 is 5.97 Å². The van der Waals surface area contributed by atoms with Crippen molar-refractivity contribution in [2.45, 2.75) is 19.8 Å². The monoisotopic (exact) mass is 308 g/mol. The molecule has 0 amide bonds. The summed E-state index contributed by atoms with van der Waals surface area (Å²) in [4.78, 5) is 25.9. The first kappa shape index (κ1) is 16.4. The Hall–Kier alpha value is -1.95. The lowest BCUT2D eigenvalue weighted by molar-refractivity contribution is -0.137. The zero-order valence-electron chi connectivity index (χ0n) is 12.7. The molecular formula is C16H21FN2O3. The van der Waals surface area contributed by atoms with Crippen LogP contribution in [0.3, 0.4) is 0 Å². The van der Waals surface area contributed by atoms with Crippen molar-refractivity contribution in [1.82, 2.24) is 4.90 Å². The number of aliphatic carboxylic acids is 1. The van der Waals surface area contributed by atoms with Crippen LogP contribution in [-0.4, -0.2) is 54.5 Å². The molecule has 0 radical (unpaired) electrons. The normalized spacial score (nSPS) is 15.8. The highest BCUT2D eigenvalue weighted by Gasteiger charge is 2.19. The van der Waals surface area contributed by atoms with E-state index in [0.29, 0.717) is 30.8 Å². The van der Waals surface area contributed by atoms with Crippen molar-refractivity contribution < 1.29 is 19.1 Å². The van der Waals surface area contributed by atoms with E-state index in [1.807, 2.05) is 4.90 Å². The van der Waals surface area contributed by atoms with Crippen molar-refractivity contribution in [1.29, 1.82) is 0 Å². The molecule has 0 atom stereocenters. The van der Waals surface area contributed by atoms with Crippen LogP contribution in [0.1, 0.15) is 30.1 Å². The summed E-state index contributed by atoms with van der Waals surface area (Å²) in [5.41, 5.74) is 0.906. The molecule has 2 rings (SSSR count). The van der Waals surface area contributed by atoms with Gasteiger partial charge in [-0.15, -0.1) is 0 Å². The molecule has 1 aliphatic heterocycles. The number of carboxylic acids is 1. The van der Waals surface area contributed by atoms with E-state index >= 15 is 0 Å². The standard InChI is InChI=1S/C16H21FN2O3/c1-12(20)13-4-5-15(14(17)11-13)19-9-7-18(8-10-19)6-2-3-16(21)22/h4-5,11H,2-3,6-10H2,1H3,(H,21,22). The maximum Gasteiger partial charge on any atom is 0.303 e. The van der Waals surface area contributed by atoms with Crippen molar-refractivity contribution >= 4 is 17.4 Å². The summed E-state index contributed by atoms with van der Waals surface area (Å²) in [6.45, 7) is 5.14. The van der Waals surface area contributed by atoms with Gasteiger partial charge in [0, 0.05) is 38.2 Å². The number of nitrogens with zero attached hydrogens (tertiary/aromatic N) is 2. The van der Waals surface area contributed by atoms with E-state index in [2.05, 4.69) is 4.90 Å². The van der Waals surface area contributed by atoms with Gasteiger partial charge in [0.05, 0.1) is 5.69 Å². The average molecular weight is 308 g/mol. The highest BCUT2D eigenvalue weighted by Crippen LogP contribution is 2.22. The number of ketones is 1. The van der Waals surface area contributed by atoms with Gasteiger partial charge >= 0.3 is 5.97 Å². The summed E-state index contributed by atoms with van der Waals surface area (Å²) in [6.07, 6.45) is 0.818. The van der Waals surface area contributed by atoms with Crippen LogP contribution in [0.5, 0.6) is 0 Å². The lowest BCUT2D eigenvalue weighted by Crippen LogP contribution is -2.47. The smallest absolute Gasteiger partial charge is 0.303 e. The quantitative estimate of drug-likeness (QED) is 0.815. The van der Waals surface area contributed by atoms with Gasteiger partial charge in [-0.3, -0.25) is 14.5 Å². The zero-order valence-corrected chi connectivity index (χ0v) is 12.7. The second-order valence-electron chi connectivity index (χ2n) is 5.55. The average Bonchev–Trinajstić information content (AvgIpc) is 2.47. The second kappa shape index (κ2) is 7.35. The van der Waals surface area contributed by atoms with Crippen LogP contribution < -0.4 is 4.90 Å². The molecule has 22 heavy (non-hydrogen) atoms. The molecule has 120 valence electrons. The van der Waals surface area contributed by atoms with Crippen molar-refractivity contribution in [2.24, 2.45) is 0 Å². The van der Waals surface area contributed by atoms with E-state index in [1.165, 1.54) is 13.0 Å². The first-order valence-corrected chi connectivity index (χ1v) is 7.47. The van der Waals surface area contributed by atoms with Crippen LogP contribution in [0.25, 0.3) is 0 Å². The molecule has 1 N–H and O–H groups in total. The molecule has 0 spiro atoms. The third kappa shape index (κ3) is 4.27. The zero-order chi connectivity index (χ0) is 16.1. The van der Waals surface area contributed by atoms with Gasteiger partial charge in [0.1, 0.15) is 5.82 Å². The predicted molar refractivity (Wildman–Crippen MR) is 81.9 cm³/mol. The van der Waals surface area contributed by atoms with E-state index in [-0.39, 0.29) is 18.0 Å². The summed E-state index contributed by atoms with van der Waals surface area (Å²) in [5.74, 6) is -1.29. The summed E-state index contributed by atoms with van der Waals surface area (Å²) < 4.78 is 14.1. The summed E-state index contributed by atoms with van der Waals surface area (Å²) in [6, 6.07) is 4.60. The molecule has 0 bridgehead atoms. The highest BCUT2D eigenvalue weighted by atomic mass is 19.1. The van der Waals surface area contributed by atoms with E-state index in [4.69, 9.17) is 5.11 Å². The summed E-state index contributed by atoms with van der Waals surface area (Å²) in [5, 5.41) is 8.63. The number of halogens is 1. The maximum atomic E-state index is 14.1. The van der Waals surface area contributed by atoms with Gasteiger partial charge in [-0.05, 0) is 38.1 Å². The number of benzene rings is 1. The number of piperazine rings is 1. The van der Waals surface area contributed by atoms with Gasteiger partial charge < -0.3 is 10.0 Å². The number of anilines is 1. The molecular weight excluding hydrogens is 287 g/mol. The van der Waals surface area contributed by atoms with Crippen LogP contribution in [0.2, 0.25) is 0 Å². The molecule has 1 fully saturated rings. The largest absolute Gasteiger partial charge is 0.481 e. The van der Waals surface area contributed by atoms with Gasteiger partial charge in [-0.2, -0.15) is 0 Å². The first-order valence-electron chi connectivity index (χ1n) is 7.47. The number of carbonyl (C=O) groups is 2. The molecule has 1 saturated heterocycles. The SMILES string of the molecule is CC(=O)c1ccc(N2CCN(CCCC(=O)O)CC2)c(F)c1. The fourth-order valence-corrected chi connectivity index (χ4v) is 2.65. The van der Waals surface area contributed by atoms with Crippen molar-refractivity contribution in [3.05, 3.63) is 29.6 Å². The molecule has 0 aromatic heterocycles. The van der Waals surface area contributed by atoms with Gasteiger partial charge in [0.25, 0.3) is 0 Å². The fourth-order valence-electron chi connectivity index (χ4n) is 2.65. The molecule has 0 unspecified atom stereocenters. The van der Waals surface area contributed by atoms with E-state index in [1.54, 1.807) is 12.1 Å². The van der Waals surface area contributed by atoms with Crippen LogP contribution >= 0.6 is 0 Å². The van der Waals surface area contributed by atoms with Gasteiger partial charge in [-0.25, -0.2) is 4.39 Å². The third-order valence-corrected chi connectivity index (χ3v) is 3.93. The molecule has 6 heteroatoms. The lowest BCUT2D eigenvalue weighted by Gasteiger charge is -2.36. The number of carboxylic acid groups (broad SMARTS) is 1. The molecule has 1 heterocycles. The van der Waals surface area contributed by atoms with Gasteiger partial charge in [0.15, 0.2) is 5.78 Å². The van der Waals surface area contributed by atoms with Crippen molar-refractivity contribution in [3.63, 3.8) is 0 Å². The first-order chi connectivity index (χ1) is 10.5. The van der Waals surface area contributed by atoms with Crippen LogP contribution in [0, 0.1) is 5.82 Å². The Morgan fingerprint density at radius 2 is 1.91 bits per heavy atom. The van der Waals surface area contributed by atoms with Crippen LogP contribution in [0.4, 0.5) is 10.1 Å². The molecule has 0 aliphatic carbocycles. The molecule has 1 aromatic rings. The number of rotatable bonds is 6. The number of hydrogen-bond acceptors (Lipinski definition) is 4. The molecule has 0 saturated carbocycles. The molecule has 5 nitrogen and oxygen atoms in total. The Morgan fingerprint density at radius 3 is 2.45 bits per heavy atom. The van der Waals surface area contributed by atoms with Gasteiger partial charge in [-0.1, -0.05) is 0 Å². The Morgan fingerprint density at radius 1 is 1.23 bits per heavy atom. The predicted octanol–water partition coefficient (Wildman–Crippen LogP) is 2.02. The Balaban J connectivity index is 1.89. The Labute approximate surface area is 129 Å². The van der Waals surface area contributed by atoms with Crippen LogP contribution in [-0.2, 0) is 4.79 Å². The fraction of sp³-hybridized carbons (Fsp3) is 0.500. The van der Waals surface area contributed by atoms with Crippen molar-refractivity contribution in [2.75, 3.05) is 37.6 Å². The minimum Gasteiger partial charge on any atom is -0.481 e. The Kier molecular flexibility index (Phi) is 5.49. The van der Waals surface area contributed by atoms with E-state index in [0.717, 1.165) is 19.6 Å². The Bertz CT molecular complexity index is 554. The number of hydrogen-bond donors (Lipinski definition) is 1. The second-order valence-corrected chi connectivity index (χ2v) is 5.55. The highest BCUT2D eigenvalue weighted by molar-refractivity contribution is 5.94. The summed E-state index contributed by atoms with van der Waals surface area (Å²) >= 11 is 0. The molecule has 1 aliphatic rings. The minimum absolute atomic E-state index is 0.145. The van der Waals surface area contributed by atoms with E-state index in [9.17, 15) is 14.0 Å². The number of carbonyl (C=O) groups excluding carboxylic acids is 1. The topological polar surface area (TPSA) is 60.9 Å². The maximum absolute atomic E-state index is 14.1. The van der Waals surface area contributed by atoms with Gasteiger partial charge in [0.2, 0.25) is 0 Å². The third-order valence-electron chi connectivity index (χ3n) is 3.93. The van der Waals surface area contributed by atoms with Crippen molar-refractivity contribution in [3.8, 4) is 0 Å². The molecule has 1 aromatic carbocycles. The lowest BCUT2D eigenvalue weighted by atomic mass is 10.1. The number of Topliss-reactive ketones (excluding diaryl/α,β-unsaturated/α-hetero) is 1. The van der Waals surface area contributed by atoms with Crippen LogP contribution in [0.15, 0.2) is 18.2 Å². The minimum atomic E-state index is -0.772.